The summed E-state index contributed by atoms with van der Waals surface area (Å²) in [6, 6.07) is -1.44. The minimum Gasteiger partial charge on any atom is -0.394 e. The zero-order valence-corrected chi connectivity index (χ0v) is 22.4. The maximum Gasteiger partial charge on any atom is 0.246 e. The maximum atomic E-state index is 14.0. The van der Waals surface area contributed by atoms with Gasteiger partial charge in [0.25, 0.3) is 0 Å². The fraction of sp³-hybridized carbons (Fsp3) is 0.885. The molecule has 34 heavy (non-hydrogen) atoms. The van der Waals surface area contributed by atoms with E-state index in [-0.39, 0.29) is 35.7 Å². The smallest absolute Gasteiger partial charge is 0.246 e. The monoisotopic (exact) mass is 479 g/mol. The van der Waals surface area contributed by atoms with E-state index in [1.807, 2.05) is 34.6 Å². The number of rotatable bonds is 8. The first kappa shape index (κ1) is 26.9. The Morgan fingerprint density at radius 2 is 1.79 bits per heavy atom. The average molecular weight is 480 g/mol. The van der Waals surface area contributed by atoms with E-state index in [1.165, 1.54) is 0 Å². The lowest BCUT2D eigenvalue weighted by molar-refractivity contribution is -0.152. The van der Waals surface area contributed by atoms with Crippen LogP contribution in [-0.2, 0) is 19.1 Å². The van der Waals surface area contributed by atoms with Gasteiger partial charge in [-0.15, -0.1) is 0 Å². The third kappa shape index (κ3) is 4.15. The van der Waals surface area contributed by atoms with E-state index in [0.717, 1.165) is 6.42 Å². The summed E-state index contributed by atoms with van der Waals surface area (Å²) in [4.78, 5) is 42.7. The lowest BCUT2D eigenvalue weighted by Crippen LogP contribution is -2.62. The highest BCUT2D eigenvalue weighted by Crippen LogP contribution is 2.64. The van der Waals surface area contributed by atoms with Gasteiger partial charge in [-0.1, -0.05) is 41.5 Å². The van der Waals surface area contributed by atoms with Crippen molar-refractivity contribution in [2.45, 2.75) is 110 Å². The summed E-state index contributed by atoms with van der Waals surface area (Å²) in [5.41, 5.74) is -2.34. The highest BCUT2D eigenvalue weighted by Gasteiger charge is 2.79. The van der Waals surface area contributed by atoms with Crippen LogP contribution >= 0.6 is 0 Å². The maximum absolute atomic E-state index is 14.0. The number of hydrogen-bond donors (Lipinski definition) is 3. The van der Waals surface area contributed by atoms with Crippen molar-refractivity contribution >= 4 is 17.7 Å². The highest BCUT2D eigenvalue weighted by atomic mass is 16.5. The molecule has 0 saturated carbocycles. The van der Waals surface area contributed by atoms with Crippen molar-refractivity contribution in [3.63, 3.8) is 0 Å². The van der Waals surface area contributed by atoms with Gasteiger partial charge >= 0.3 is 0 Å². The van der Waals surface area contributed by atoms with Gasteiger partial charge in [0.1, 0.15) is 11.6 Å². The molecule has 6 atom stereocenters. The highest BCUT2D eigenvalue weighted by molar-refractivity contribution is 5.99. The Balaban J connectivity index is 2.10. The number of nitrogens with one attached hydrogen (secondary N) is 2. The normalized spacial score (nSPS) is 33.9. The molecule has 194 valence electrons. The van der Waals surface area contributed by atoms with E-state index < -0.39 is 40.7 Å². The molecule has 0 aromatic carbocycles. The van der Waals surface area contributed by atoms with Gasteiger partial charge < -0.3 is 25.4 Å². The van der Waals surface area contributed by atoms with Crippen molar-refractivity contribution in [1.82, 2.24) is 15.5 Å². The topological polar surface area (TPSA) is 108 Å². The van der Waals surface area contributed by atoms with E-state index >= 15 is 0 Å². The second-order valence-corrected chi connectivity index (χ2v) is 12.8. The molecule has 1 spiro atoms. The molecule has 3 fully saturated rings. The largest absolute Gasteiger partial charge is 0.394 e. The Kier molecular flexibility index (Phi) is 6.94. The third-order valence-corrected chi connectivity index (χ3v) is 8.14. The van der Waals surface area contributed by atoms with Gasteiger partial charge in [-0.3, -0.25) is 14.4 Å². The minimum atomic E-state index is -1.07. The summed E-state index contributed by atoms with van der Waals surface area (Å²) in [7, 11) is 1.57. The minimum absolute atomic E-state index is 0.00670. The first-order chi connectivity index (χ1) is 15.6. The molecule has 2 unspecified atom stereocenters. The van der Waals surface area contributed by atoms with Crippen LogP contribution in [0.3, 0.4) is 0 Å². The van der Waals surface area contributed by atoms with Crippen LogP contribution in [0.4, 0.5) is 0 Å². The van der Waals surface area contributed by atoms with Crippen LogP contribution in [0.5, 0.6) is 0 Å². The van der Waals surface area contributed by atoms with Crippen molar-refractivity contribution < 1.29 is 24.2 Å². The Morgan fingerprint density at radius 3 is 2.26 bits per heavy atom. The second kappa shape index (κ2) is 8.77. The van der Waals surface area contributed by atoms with E-state index in [1.54, 1.807) is 11.9 Å². The van der Waals surface area contributed by atoms with Gasteiger partial charge in [0.2, 0.25) is 17.7 Å². The van der Waals surface area contributed by atoms with E-state index in [0.29, 0.717) is 19.3 Å². The molecule has 3 rings (SSSR count). The number of aliphatic hydroxyl groups is 1. The Labute approximate surface area is 204 Å². The summed E-state index contributed by atoms with van der Waals surface area (Å²) in [5, 5.41) is 16.2. The fourth-order valence-corrected chi connectivity index (χ4v) is 7.26. The van der Waals surface area contributed by atoms with E-state index in [4.69, 9.17) is 4.74 Å². The molecule has 2 bridgehead atoms. The molecular weight excluding hydrogens is 434 g/mol. The van der Waals surface area contributed by atoms with Gasteiger partial charge in [-0.25, -0.2) is 0 Å². The van der Waals surface area contributed by atoms with Gasteiger partial charge in [-0.05, 0) is 50.9 Å². The molecule has 3 saturated heterocycles. The van der Waals surface area contributed by atoms with Gasteiger partial charge in [0, 0.05) is 12.6 Å². The molecule has 0 aromatic heterocycles. The number of carbonyl (C=O) groups is 3. The van der Waals surface area contributed by atoms with Gasteiger partial charge in [-0.2, -0.15) is 0 Å². The fourth-order valence-electron chi connectivity index (χ4n) is 7.26. The number of hydrogen-bond acceptors (Lipinski definition) is 5. The van der Waals surface area contributed by atoms with Gasteiger partial charge in [0.15, 0.2) is 0 Å². The van der Waals surface area contributed by atoms with Crippen LogP contribution < -0.4 is 10.6 Å². The number of likely N-dealkylation sites (tertiary alicyclic amines) is 1. The summed E-state index contributed by atoms with van der Waals surface area (Å²) >= 11 is 0. The molecule has 3 amide bonds. The Hall–Kier alpha value is -1.67. The van der Waals surface area contributed by atoms with Crippen molar-refractivity contribution in [3.05, 3.63) is 0 Å². The number of carbonyl (C=O) groups excluding carboxylic acids is 3. The Morgan fingerprint density at radius 1 is 1.18 bits per heavy atom. The van der Waals surface area contributed by atoms with Gasteiger partial charge in [0.05, 0.1) is 30.1 Å². The third-order valence-electron chi connectivity index (χ3n) is 8.14. The van der Waals surface area contributed by atoms with Crippen LogP contribution in [-0.4, -0.2) is 70.2 Å². The molecule has 3 heterocycles. The quantitative estimate of drug-likeness (QED) is 0.495. The number of nitrogens with zero attached hydrogens (tertiary/aromatic N) is 1. The SMILES string of the molecule is CC[C@@]12CCC3(O1)C(C(=O)NC(C)(C)CC(C)(C)C)N([C@@H](CO)C(C)C)C(=O)[C@@H]3[C@@H]2C(=O)NC. The number of fused-ring (bicyclic) bond motifs is 1. The van der Waals surface area contributed by atoms with Crippen LogP contribution in [0.25, 0.3) is 0 Å². The van der Waals surface area contributed by atoms with Crippen molar-refractivity contribution in [1.29, 1.82) is 0 Å². The van der Waals surface area contributed by atoms with Crippen molar-refractivity contribution in [2.24, 2.45) is 23.2 Å². The molecule has 8 nitrogen and oxygen atoms in total. The van der Waals surface area contributed by atoms with Crippen molar-refractivity contribution in [3.8, 4) is 0 Å². The lowest BCUT2D eigenvalue weighted by Gasteiger charge is -2.41. The molecule has 8 heteroatoms. The zero-order chi connectivity index (χ0) is 25.9. The average Bonchev–Trinajstić information content (AvgIpc) is 3.29. The number of amides is 3. The molecule has 0 aliphatic carbocycles. The molecular formula is C26H45N3O5. The standard InChI is InChI=1S/C26H45N3O5/c1-10-25-11-12-26(34-25)18(17(25)20(31)27-9)22(33)29(16(13-30)15(2)3)19(26)21(32)28-24(7,8)14-23(4,5)6/h15-19,30H,10-14H2,1-9H3,(H,27,31)(H,28,32)/t16-,17+,18-,19?,25-,26?/m0/s1. The Bertz CT molecular complexity index is 835. The first-order valence-corrected chi connectivity index (χ1v) is 12.8. The second-order valence-electron chi connectivity index (χ2n) is 12.8. The first-order valence-electron chi connectivity index (χ1n) is 12.8. The molecule has 0 aromatic rings. The van der Waals surface area contributed by atoms with Crippen LogP contribution in [0, 0.1) is 23.2 Å². The molecule has 3 aliphatic heterocycles. The number of ether oxygens (including phenoxy) is 1. The van der Waals surface area contributed by atoms with Crippen LogP contribution in [0.2, 0.25) is 0 Å². The number of aliphatic hydroxyl groups excluding tert-OH is 1. The predicted molar refractivity (Wildman–Crippen MR) is 130 cm³/mol. The van der Waals surface area contributed by atoms with Crippen LogP contribution in [0.1, 0.15) is 81.1 Å². The molecule has 3 N–H and O–H groups in total. The summed E-state index contributed by atoms with van der Waals surface area (Å²) in [5.74, 6) is -2.22. The summed E-state index contributed by atoms with van der Waals surface area (Å²) < 4.78 is 6.71. The molecule has 3 aliphatic rings. The lowest BCUT2D eigenvalue weighted by atomic mass is 9.65. The summed E-state index contributed by atoms with van der Waals surface area (Å²) in [6.45, 7) is 15.9. The molecule has 0 radical (unpaired) electrons. The van der Waals surface area contributed by atoms with E-state index in [2.05, 4.69) is 31.4 Å². The van der Waals surface area contributed by atoms with E-state index in [9.17, 15) is 19.5 Å². The van der Waals surface area contributed by atoms with Crippen LogP contribution in [0.15, 0.2) is 0 Å². The summed E-state index contributed by atoms with van der Waals surface area (Å²) in [6.07, 6.45) is 2.50. The van der Waals surface area contributed by atoms with Crippen molar-refractivity contribution in [2.75, 3.05) is 13.7 Å². The zero-order valence-electron chi connectivity index (χ0n) is 22.4. The predicted octanol–water partition coefficient (Wildman–Crippen LogP) is 2.24.